The molecule has 0 radical (unpaired) electrons. The van der Waals surface area contributed by atoms with Crippen molar-refractivity contribution in [2.24, 2.45) is 11.8 Å². The van der Waals surface area contributed by atoms with E-state index >= 15 is 0 Å². The standard InChI is InChI=1S/C14H24N2OS/c1-6-11(8(2)3)16-12-7-10(15)14(18-12)13(17)9(4)5/h7-9,11,16H,6,15H2,1-5H3. The van der Waals surface area contributed by atoms with Crippen molar-refractivity contribution in [2.45, 2.75) is 47.1 Å². The molecule has 0 fully saturated rings. The van der Waals surface area contributed by atoms with E-state index in [-0.39, 0.29) is 11.7 Å². The lowest BCUT2D eigenvalue weighted by atomic mass is 10.0. The molecule has 1 unspecified atom stereocenters. The van der Waals surface area contributed by atoms with Crippen LogP contribution in [0, 0.1) is 11.8 Å². The topological polar surface area (TPSA) is 55.1 Å². The first-order valence-corrected chi connectivity index (χ1v) is 7.38. The molecule has 1 atom stereocenters. The molecule has 1 heterocycles. The molecule has 0 aliphatic rings. The van der Waals surface area contributed by atoms with Crippen LogP contribution in [0.1, 0.15) is 50.7 Å². The van der Waals surface area contributed by atoms with Crippen LogP contribution in [0.5, 0.6) is 0 Å². The van der Waals surface area contributed by atoms with Gasteiger partial charge in [0.05, 0.1) is 15.6 Å². The Morgan fingerprint density at radius 1 is 1.39 bits per heavy atom. The number of hydrogen-bond acceptors (Lipinski definition) is 4. The normalized spacial score (nSPS) is 13.1. The quantitative estimate of drug-likeness (QED) is 0.766. The first-order valence-electron chi connectivity index (χ1n) is 6.56. The minimum Gasteiger partial charge on any atom is -0.397 e. The van der Waals surface area contributed by atoms with Crippen molar-refractivity contribution in [3.8, 4) is 0 Å². The van der Waals surface area contributed by atoms with Gasteiger partial charge in [-0.25, -0.2) is 0 Å². The maximum atomic E-state index is 12.0. The molecular formula is C14H24N2OS. The highest BCUT2D eigenvalue weighted by atomic mass is 32.1. The van der Waals surface area contributed by atoms with Gasteiger partial charge in [0.15, 0.2) is 5.78 Å². The summed E-state index contributed by atoms with van der Waals surface area (Å²) in [5, 5.41) is 4.47. The zero-order valence-electron chi connectivity index (χ0n) is 11.9. The number of ketones is 1. The van der Waals surface area contributed by atoms with Gasteiger partial charge in [-0.2, -0.15) is 0 Å². The number of hydrogen-bond donors (Lipinski definition) is 2. The van der Waals surface area contributed by atoms with Crippen LogP contribution in [-0.4, -0.2) is 11.8 Å². The lowest BCUT2D eigenvalue weighted by molar-refractivity contribution is 0.0944. The Balaban J connectivity index is 2.87. The largest absolute Gasteiger partial charge is 0.397 e. The number of Topliss-reactive ketones (excluding diaryl/α,β-unsaturated/α-hetero) is 1. The monoisotopic (exact) mass is 268 g/mol. The molecule has 0 aliphatic carbocycles. The van der Waals surface area contributed by atoms with Gasteiger partial charge in [-0.05, 0) is 18.4 Å². The first kappa shape index (κ1) is 15.0. The van der Waals surface area contributed by atoms with E-state index in [1.807, 2.05) is 19.9 Å². The Morgan fingerprint density at radius 3 is 2.44 bits per heavy atom. The smallest absolute Gasteiger partial charge is 0.177 e. The molecule has 0 aliphatic heterocycles. The Morgan fingerprint density at radius 2 is 2.00 bits per heavy atom. The second-order valence-corrected chi connectivity index (χ2v) is 6.37. The number of nitrogen functional groups attached to an aromatic ring is 1. The minimum atomic E-state index is -0.00845. The number of nitrogens with two attached hydrogens (primary N) is 1. The van der Waals surface area contributed by atoms with Crippen molar-refractivity contribution in [1.29, 1.82) is 0 Å². The van der Waals surface area contributed by atoms with Crippen LogP contribution in [0.3, 0.4) is 0 Å². The van der Waals surface area contributed by atoms with Crippen molar-refractivity contribution in [2.75, 3.05) is 11.1 Å². The van der Waals surface area contributed by atoms with E-state index < -0.39 is 0 Å². The molecule has 0 spiro atoms. The number of nitrogens with one attached hydrogen (secondary N) is 1. The van der Waals surface area contributed by atoms with Crippen molar-refractivity contribution < 1.29 is 4.79 Å². The zero-order chi connectivity index (χ0) is 13.9. The van der Waals surface area contributed by atoms with Gasteiger partial charge in [0.25, 0.3) is 0 Å². The average Bonchev–Trinajstić information content (AvgIpc) is 2.65. The van der Waals surface area contributed by atoms with Crippen LogP contribution in [0.2, 0.25) is 0 Å². The summed E-state index contributed by atoms with van der Waals surface area (Å²) < 4.78 is 0. The Labute approximate surface area is 114 Å². The lowest BCUT2D eigenvalue weighted by Crippen LogP contribution is -2.23. The SMILES string of the molecule is CCC(Nc1cc(N)c(C(=O)C(C)C)s1)C(C)C. The summed E-state index contributed by atoms with van der Waals surface area (Å²) in [5.74, 6) is 0.677. The third-order valence-corrected chi connectivity index (χ3v) is 4.18. The number of carbonyl (C=O) groups excluding carboxylic acids is 1. The summed E-state index contributed by atoms with van der Waals surface area (Å²) in [6, 6.07) is 2.30. The van der Waals surface area contributed by atoms with Crippen molar-refractivity contribution in [1.82, 2.24) is 0 Å². The van der Waals surface area contributed by atoms with Crippen molar-refractivity contribution >= 4 is 27.8 Å². The summed E-state index contributed by atoms with van der Waals surface area (Å²) >= 11 is 1.47. The number of anilines is 2. The molecular weight excluding hydrogens is 244 g/mol. The van der Waals surface area contributed by atoms with Gasteiger partial charge in [0, 0.05) is 12.0 Å². The van der Waals surface area contributed by atoms with Gasteiger partial charge >= 0.3 is 0 Å². The van der Waals surface area contributed by atoms with Crippen LogP contribution >= 0.6 is 11.3 Å². The molecule has 3 nitrogen and oxygen atoms in total. The van der Waals surface area contributed by atoms with Gasteiger partial charge in [-0.3, -0.25) is 4.79 Å². The molecule has 1 aromatic rings. The van der Waals surface area contributed by atoms with Crippen molar-refractivity contribution in [3.63, 3.8) is 0 Å². The van der Waals surface area contributed by atoms with E-state index in [1.54, 1.807) is 0 Å². The van der Waals surface area contributed by atoms with Crippen LogP contribution in [-0.2, 0) is 0 Å². The molecule has 3 N–H and O–H groups in total. The van der Waals surface area contributed by atoms with Gasteiger partial charge in [-0.15, -0.1) is 11.3 Å². The molecule has 0 bridgehead atoms. The van der Waals surface area contributed by atoms with Gasteiger partial charge in [0.1, 0.15) is 0 Å². The second kappa shape index (κ2) is 6.23. The lowest BCUT2D eigenvalue weighted by Gasteiger charge is -2.20. The Bertz CT molecular complexity index is 410. The highest BCUT2D eigenvalue weighted by Crippen LogP contribution is 2.32. The fraction of sp³-hybridized carbons (Fsp3) is 0.643. The molecule has 1 aromatic heterocycles. The molecule has 0 aromatic carbocycles. The third-order valence-electron chi connectivity index (χ3n) is 3.08. The predicted octanol–water partition coefficient (Wildman–Crippen LogP) is 4.02. The number of carbonyl (C=O) groups is 1. The van der Waals surface area contributed by atoms with Crippen molar-refractivity contribution in [3.05, 3.63) is 10.9 Å². The van der Waals surface area contributed by atoms with E-state index in [2.05, 4.69) is 26.1 Å². The first-order chi connectivity index (χ1) is 8.36. The minimum absolute atomic E-state index is 0.00845. The van der Waals surface area contributed by atoms with Crippen LogP contribution < -0.4 is 11.1 Å². The molecule has 0 saturated heterocycles. The van der Waals surface area contributed by atoms with Gasteiger partial charge < -0.3 is 11.1 Å². The molecule has 4 heteroatoms. The molecule has 1 rings (SSSR count). The summed E-state index contributed by atoms with van der Waals surface area (Å²) in [5.41, 5.74) is 6.52. The molecule has 18 heavy (non-hydrogen) atoms. The van der Waals surface area contributed by atoms with Crippen LogP contribution in [0.4, 0.5) is 10.7 Å². The zero-order valence-corrected chi connectivity index (χ0v) is 12.7. The molecule has 0 saturated carbocycles. The van der Waals surface area contributed by atoms with Crippen LogP contribution in [0.15, 0.2) is 6.07 Å². The van der Waals surface area contributed by atoms with Gasteiger partial charge in [-0.1, -0.05) is 34.6 Å². The van der Waals surface area contributed by atoms with E-state index in [4.69, 9.17) is 5.73 Å². The number of rotatable bonds is 6. The Kier molecular flexibility index (Phi) is 5.20. The average molecular weight is 268 g/mol. The van der Waals surface area contributed by atoms with Crippen LogP contribution in [0.25, 0.3) is 0 Å². The van der Waals surface area contributed by atoms with E-state index in [0.29, 0.717) is 22.5 Å². The van der Waals surface area contributed by atoms with Gasteiger partial charge in [0.2, 0.25) is 0 Å². The summed E-state index contributed by atoms with van der Waals surface area (Å²) in [4.78, 5) is 12.7. The fourth-order valence-electron chi connectivity index (χ4n) is 1.85. The summed E-state index contributed by atoms with van der Waals surface area (Å²) in [6.45, 7) is 10.3. The Hall–Kier alpha value is -1.03. The summed E-state index contributed by atoms with van der Waals surface area (Å²) in [7, 11) is 0. The molecule has 0 amide bonds. The maximum absolute atomic E-state index is 12.0. The fourth-order valence-corrected chi connectivity index (χ4v) is 2.98. The third kappa shape index (κ3) is 3.48. The highest BCUT2D eigenvalue weighted by Gasteiger charge is 2.19. The van der Waals surface area contributed by atoms with E-state index in [9.17, 15) is 4.79 Å². The second-order valence-electron chi connectivity index (χ2n) is 5.32. The van der Waals surface area contributed by atoms with E-state index in [1.165, 1.54) is 11.3 Å². The highest BCUT2D eigenvalue weighted by molar-refractivity contribution is 7.18. The molecule has 102 valence electrons. The van der Waals surface area contributed by atoms with E-state index in [0.717, 1.165) is 11.4 Å². The number of thiophene rings is 1. The maximum Gasteiger partial charge on any atom is 0.177 e. The predicted molar refractivity (Wildman–Crippen MR) is 80.4 cm³/mol. The summed E-state index contributed by atoms with van der Waals surface area (Å²) in [6.07, 6.45) is 1.06.